The second-order valence-corrected chi connectivity index (χ2v) is 9.96. The fraction of sp³-hybridized carbons (Fsp3) is 0.464. The Morgan fingerprint density at radius 2 is 1.63 bits per heavy atom. The molecular weight excluding hydrogens is 444 g/mol. The van der Waals surface area contributed by atoms with E-state index in [9.17, 15) is 19.5 Å². The third kappa shape index (κ3) is 6.02. The molecule has 7 nitrogen and oxygen atoms in total. The van der Waals surface area contributed by atoms with E-state index >= 15 is 0 Å². The molecule has 1 unspecified atom stereocenters. The molecule has 2 aromatic rings. The molecule has 0 radical (unpaired) electrons. The maximum atomic E-state index is 12.5. The second-order valence-electron chi connectivity index (χ2n) is 9.96. The average Bonchev–Trinajstić information content (AvgIpc) is 3.39. The molecule has 7 heteroatoms. The van der Waals surface area contributed by atoms with Crippen LogP contribution >= 0.6 is 0 Å². The molecule has 3 N–H and O–H groups in total. The first-order chi connectivity index (χ1) is 16.9. The van der Waals surface area contributed by atoms with E-state index in [4.69, 9.17) is 4.74 Å². The van der Waals surface area contributed by atoms with Crippen LogP contribution in [0.25, 0.3) is 11.1 Å². The molecule has 1 saturated carbocycles. The molecule has 2 amide bonds. The Hall–Kier alpha value is -3.35. The molecule has 2 aliphatic carbocycles. The third-order valence-corrected chi connectivity index (χ3v) is 7.24. The van der Waals surface area contributed by atoms with Crippen LogP contribution in [0.15, 0.2) is 48.5 Å². The number of rotatable bonds is 10. The molecule has 1 fully saturated rings. The number of carboxylic acids is 1. The van der Waals surface area contributed by atoms with Crippen LogP contribution in [-0.2, 0) is 14.3 Å². The maximum absolute atomic E-state index is 12.5. The summed E-state index contributed by atoms with van der Waals surface area (Å²) < 4.78 is 5.56. The molecule has 0 aliphatic heterocycles. The Morgan fingerprint density at radius 3 is 2.23 bits per heavy atom. The Kier molecular flexibility index (Phi) is 7.73. The third-order valence-electron chi connectivity index (χ3n) is 7.24. The highest BCUT2D eigenvalue weighted by Gasteiger charge is 2.37. The van der Waals surface area contributed by atoms with Gasteiger partial charge in [-0.05, 0) is 47.4 Å². The largest absolute Gasteiger partial charge is 0.481 e. The standard InChI is InChI=1S/C28H34N2O5/c1-19(16-25(31)30-28(17-26(32)33)13-6-7-14-28)12-15-29-27(34)35-18-24-22-10-4-2-8-20(22)21-9-3-5-11-23(21)24/h2-5,8-11,19,24H,6-7,12-18H2,1H3,(H,29,34)(H,30,31)(H,32,33). The number of alkyl carbamates (subject to hydrolysis) is 1. The van der Waals surface area contributed by atoms with Crippen molar-refractivity contribution in [1.29, 1.82) is 0 Å². The molecule has 0 bridgehead atoms. The summed E-state index contributed by atoms with van der Waals surface area (Å²) in [4.78, 5) is 36.1. The van der Waals surface area contributed by atoms with Crippen LogP contribution in [0.4, 0.5) is 4.79 Å². The molecular formula is C28H34N2O5. The van der Waals surface area contributed by atoms with E-state index in [2.05, 4.69) is 34.9 Å². The van der Waals surface area contributed by atoms with E-state index in [0.29, 0.717) is 32.2 Å². The molecule has 4 rings (SSSR count). The van der Waals surface area contributed by atoms with Crippen molar-refractivity contribution in [3.63, 3.8) is 0 Å². The SMILES string of the molecule is CC(CCNC(=O)OCC1c2ccccc2-c2ccccc21)CC(=O)NC1(CC(=O)O)CCCC1. The van der Waals surface area contributed by atoms with Gasteiger partial charge in [-0.15, -0.1) is 0 Å². The van der Waals surface area contributed by atoms with Gasteiger partial charge in [-0.3, -0.25) is 9.59 Å². The lowest BCUT2D eigenvalue weighted by Crippen LogP contribution is -2.48. The second kappa shape index (κ2) is 10.9. The average molecular weight is 479 g/mol. The number of carbonyl (C=O) groups is 3. The summed E-state index contributed by atoms with van der Waals surface area (Å²) >= 11 is 0. The van der Waals surface area contributed by atoms with Gasteiger partial charge in [0.05, 0.1) is 12.0 Å². The Morgan fingerprint density at radius 1 is 1.03 bits per heavy atom. The molecule has 0 aromatic heterocycles. The fourth-order valence-corrected chi connectivity index (χ4v) is 5.52. The number of carbonyl (C=O) groups excluding carboxylic acids is 2. The maximum Gasteiger partial charge on any atom is 0.407 e. The van der Waals surface area contributed by atoms with Gasteiger partial charge in [0.2, 0.25) is 5.91 Å². The fourth-order valence-electron chi connectivity index (χ4n) is 5.52. The van der Waals surface area contributed by atoms with Crippen LogP contribution < -0.4 is 10.6 Å². The van der Waals surface area contributed by atoms with Crippen LogP contribution in [0.1, 0.15) is 68.9 Å². The minimum Gasteiger partial charge on any atom is -0.481 e. The highest BCUT2D eigenvalue weighted by molar-refractivity contribution is 5.79. The minimum absolute atomic E-state index is 0.0180. The summed E-state index contributed by atoms with van der Waals surface area (Å²) in [7, 11) is 0. The first-order valence-corrected chi connectivity index (χ1v) is 12.5. The number of benzene rings is 2. The van der Waals surface area contributed by atoms with Gasteiger partial charge in [-0.25, -0.2) is 4.79 Å². The summed E-state index contributed by atoms with van der Waals surface area (Å²) in [6, 6.07) is 16.4. The van der Waals surface area contributed by atoms with Gasteiger partial charge in [0.1, 0.15) is 6.61 Å². The van der Waals surface area contributed by atoms with Crippen LogP contribution in [0.2, 0.25) is 0 Å². The van der Waals surface area contributed by atoms with Gasteiger partial charge in [-0.2, -0.15) is 0 Å². The van der Waals surface area contributed by atoms with Crippen molar-refractivity contribution >= 4 is 18.0 Å². The lowest BCUT2D eigenvalue weighted by atomic mass is 9.92. The van der Waals surface area contributed by atoms with Crippen molar-refractivity contribution in [2.75, 3.05) is 13.2 Å². The van der Waals surface area contributed by atoms with Crippen molar-refractivity contribution in [3.05, 3.63) is 59.7 Å². The van der Waals surface area contributed by atoms with E-state index in [1.807, 2.05) is 31.2 Å². The topological polar surface area (TPSA) is 105 Å². The number of nitrogens with one attached hydrogen (secondary N) is 2. The zero-order valence-electron chi connectivity index (χ0n) is 20.2. The van der Waals surface area contributed by atoms with Crippen LogP contribution in [0.3, 0.4) is 0 Å². The molecule has 0 spiro atoms. The van der Waals surface area contributed by atoms with E-state index in [-0.39, 0.29) is 30.8 Å². The Bertz CT molecular complexity index is 1030. The number of aliphatic carboxylic acids is 1. The summed E-state index contributed by atoms with van der Waals surface area (Å²) in [5, 5.41) is 15.0. The monoisotopic (exact) mass is 478 g/mol. The van der Waals surface area contributed by atoms with Crippen molar-refractivity contribution in [2.45, 2.75) is 63.3 Å². The lowest BCUT2D eigenvalue weighted by Gasteiger charge is -2.29. The minimum atomic E-state index is -0.882. The molecule has 186 valence electrons. The van der Waals surface area contributed by atoms with E-state index < -0.39 is 17.6 Å². The number of hydrogen-bond acceptors (Lipinski definition) is 4. The van der Waals surface area contributed by atoms with Crippen LogP contribution in [-0.4, -0.2) is 41.8 Å². The number of amides is 2. The molecule has 2 aromatic carbocycles. The number of ether oxygens (including phenoxy) is 1. The van der Waals surface area contributed by atoms with Crippen molar-refractivity contribution in [2.24, 2.45) is 5.92 Å². The number of fused-ring (bicyclic) bond motifs is 3. The van der Waals surface area contributed by atoms with Gasteiger partial charge in [0.15, 0.2) is 0 Å². The zero-order valence-corrected chi connectivity index (χ0v) is 20.2. The summed E-state index contributed by atoms with van der Waals surface area (Å²) in [6.07, 6.45) is 3.73. The molecule has 2 aliphatic rings. The predicted molar refractivity (Wildman–Crippen MR) is 133 cm³/mol. The molecule has 35 heavy (non-hydrogen) atoms. The van der Waals surface area contributed by atoms with Gasteiger partial charge >= 0.3 is 12.1 Å². The van der Waals surface area contributed by atoms with Gasteiger partial charge in [-0.1, -0.05) is 68.3 Å². The lowest BCUT2D eigenvalue weighted by molar-refractivity contribution is -0.139. The van der Waals surface area contributed by atoms with Gasteiger partial charge in [0.25, 0.3) is 0 Å². The molecule has 0 saturated heterocycles. The first kappa shape index (κ1) is 24.8. The van der Waals surface area contributed by atoms with E-state index in [0.717, 1.165) is 12.8 Å². The predicted octanol–water partition coefficient (Wildman–Crippen LogP) is 4.85. The molecule has 0 heterocycles. The zero-order chi connectivity index (χ0) is 24.8. The number of carboxylic acid groups (broad SMARTS) is 1. The van der Waals surface area contributed by atoms with Crippen molar-refractivity contribution < 1.29 is 24.2 Å². The normalized spacial score (nSPS) is 16.7. The van der Waals surface area contributed by atoms with Gasteiger partial charge in [0, 0.05) is 18.9 Å². The highest BCUT2D eigenvalue weighted by atomic mass is 16.5. The van der Waals surface area contributed by atoms with Crippen LogP contribution in [0, 0.1) is 5.92 Å². The summed E-state index contributed by atoms with van der Waals surface area (Å²) in [5.74, 6) is -0.939. The molecule has 1 atom stereocenters. The number of hydrogen-bond donors (Lipinski definition) is 3. The van der Waals surface area contributed by atoms with Crippen molar-refractivity contribution in [1.82, 2.24) is 10.6 Å². The quantitative estimate of drug-likeness (QED) is 0.453. The smallest absolute Gasteiger partial charge is 0.407 e. The highest BCUT2D eigenvalue weighted by Crippen LogP contribution is 2.44. The Balaban J connectivity index is 1.20. The summed E-state index contributed by atoms with van der Waals surface area (Å²) in [6.45, 7) is 2.63. The first-order valence-electron chi connectivity index (χ1n) is 12.5. The Labute approximate surface area is 206 Å². The van der Waals surface area contributed by atoms with Crippen molar-refractivity contribution in [3.8, 4) is 11.1 Å². The van der Waals surface area contributed by atoms with Gasteiger partial charge < -0.3 is 20.5 Å². The van der Waals surface area contributed by atoms with Crippen LogP contribution in [0.5, 0.6) is 0 Å². The van der Waals surface area contributed by atoms with E-state index in [1.54, 1.807) is 0 Å². The van der Waals surface area contributed by atoms with E-state index in [1.165, 1.54) is 22.3 Å². The summed E-state index contributed by atoms with van der Waals surface area (Å²) in [5.41, 5.74) is 4.11.